The molecule has 2 rings (SSSR count). The third-order valence-electron chi connectivity index (χ3n) is 4.78. The van der Waals surface area contributed by atoms with Gasteiger partial charge in [-0.3, -0.25) is 4.90 Å². The van der Waals surface area contributed by atoms with Gasteiger partial charge in [-0.15, -0.1) is 0 Å². The maximum Gasteiger partial charge on any atom is 0.317 e. The first-order valence-corrected chi connectivity index (χ1v) is 10.3. The van der Waals surface area contributed by atoms with E-state index in [-0.39, 0.29) is 12.1 Å². The van der Waals surface area contributed by atoms with E-state index in [0.717, 1.165) is 26.3 Å². The van der Waals surface area contributed by atoms with Crippen molar-refractivity contribution in [3.8, 4) is 0 Å². The number of hydrogen-bond donors (Lipinski definition) is 1. The van der Waals surface area contributed by atoms with Crippen molar-refractivity contribution in [2.75, 3.05) is 52.2 Å². The van der Waals surface area contributed by atoms with E-state index in [4.69, 9.17) is 4.74 Å². The molecule has 7 nitrogen and oxygen atoms in total. The third kappa shape index (κ3) is 5.06. The standard InChI is InChI=1S/C15H29N3O4S/c1-12(2)14(17-6-8-22-9-7-17)10-16-15(19)18-5-4-13(11-18)23(3,20)21/h12-14H,4-11H2,1-3H3,(H,16,19)/t13-,14-/m0/s1. The zero-order chi connectivity index (χ0) is 17.0. The molecule has 0 aromatic carbocycles. The minimum Gasteiger partial charge on any atom is -0.379 e. The Hall–Kier alpha value is -0.860. The number of rotatable bonds is 5. The topological polar surface area (TPSA) is 79.0 Å². The van der Waals surface area contributed by atoms with Crippen molar-refractivity contribution >= 4 is 15.9 Å². The molecule has 23 heavy (non-hydrogen) atoms. The van der Waals surface area contributed by atoms with Gasteiger partial charge in [0.25, 0.3) is 0 Å². The summed E-state index contributed by atoms with van der Waals surface area (Å²) in [6.07, 6.45) is 1.77. The molecule has 1 N–H and O–H groups in total. The first-order valence-electron chi connectivity index (χ1n) is 8.32. The number of carbonyl (C=O) groups excluding carboxylic acids is 1. The number of urea groups is 1. The molecule has 8 heteroatoms. The Morgan fingerprint density at radius 2 is 1.91 bits per heavy atom. The van der Waals surface area contributed by atoms with Crippen LogP contribution in [0.5, 0.6) is 0 Å². The molecule has 0 bridgehead atoms. The second-order valence-electron chi connectivity index (χ2n) is 6.83. The van der Waals surface area contributed by atoms with Gasteiger partial charge < -0.3 is 15.0 Å². The highest BCUT2D eigenvalue weighted by molar-refractivity contribution is 7.91. The maximum absolute atomic E-state index is 12.3. The number of amides is 2. The molecule has 0 spiro atoms. The fraction of sp³-hybridized carbons (Fsp3) is 0.933. The minimum absolute atomic E-state index is 0.157. The average molecular weight is 347 g/mol. The van der Waals surface area contributed by atoms with E-state index in [0.29, 0.717) is 32.0 Å². The van der Waals surface area contributed by atoms with Gasteiger partial charge in [-0.1, -0.05) is 13.8 Å². The minimum atomic E-state index is -3.07. The van der Waals surface area contributed by atoms with Crippen LogP contribution in [-0.2, 0) is 14.6 Å². The molecule has 0 radical (unpaired) electrons. The van der Waals surface area contributed by atoms with Crippen LogP contribution in [0.25, 0.3) is 0 Å². The van der Waals surface area contributed by atoms with E-state index in [1.807, 2.05) is 0 Å². The second kappa shape index (κ2) is 7.81. The van der Waals surface area contributed by atoms with Crippen LogP contribution >= 0.6 is 0 Å². The van der Waals surface area contributed by atoms with Gasteiger partial charge in [-0.05, 0) is 12.3 Å². The molecule has 0 aliphatic carbocycles. The highest BCUT2D eigenvalue weighted by atomic mass is 32.2. The molecular weight excluding hydrogens is 318 g/mol. The van der Waals surface area contributed by atoms with Crippen molar-refractivity contribution in [3.05, 3.63) is 0 Å². The van der Waals surface area contributed by atoms with E-state index < -0.39 is 15.1 Å². The van der Waals surface area contributed by atoms with Crippen LogP contribution in [0.4, 0.5) is 4.79 Å². The molecule has 2 saturated heterocycles. The fourth-order valence-electron chi connectivity index (χ4n) is 3.26. The Morgan fingerprint density at radius 3 is 2.43 bits per heavy atom. The molecule has 2 atom stereocenters. The Morgan fingerprint density at radius 1 is 1.26 bits per heavy atom. The predicted octanol–water partition coefficient (Wildman–Crippen LogP) is 0.172. The summed E-state index contributed by atoms with van der Waals surface area (Å²) in [6, 6.07) is 0.117. The molecule has 2 heterocycles. The van der Waals surface area contributed by atoms with Crippen molar-refractivity contribution in [3.63, 3.8) is 0 Å². The summed E-state index contributed by atoms with van der Waals surface area (Å²) in [6.45, 7) is 8.94. The predicted molar refractivity (Wildman–Crippen MR) is 89.2 cm³/mol. The number of sulfone groups is 1. The van der Waals surface area contributed by atoms with Gasteiger partial charge in [0.15, 0.2) is 9.84 Å². The number of hydrogen-bond acceptors (Lipinski definition) is 5. The first-order chi connectivity index (χ1) is 10.8. The normalized spacial score (nSPS) is 24.9. The second-order valence-corrected chi connectivity index (χ2v) is 9.16. The highest BCUT2D eigenvalue weighted by Crippen LogP contribution is 2.17. The molecule has 0 aromatic heterocycles. The lowest BCUT2D eigenvalue weighted by Crippen LogP contribution is -2.52. The number of carbonyl (C=O) groups is 1. The summed E-state index contributed by atoms with van der Waals surface area (Å²) >= 11 is 0. The van der Waals surface area contributed by atoms with Crippen LogP contribution in [0, 0.1) is 5.92 Å². The van der Waals surface area contributed by atoms with Crippen molar-refractivity contribution in [2.45, 2.75) is 31.6 Å². The largest absolute Gasteiger partial charge is 0.379 e. The molecule has 2 aliphatic heterocycles. The van der Waals surface area contributed by atoms with Crippen LogP contribution in [0.3, 0.4) is 0 Å². The van der Waals surface area contributed by atoms with Gasteiger partial charge in [-0.25, -0.2) is 13.2 Å². The summed E-state index contributed by atoms with van der Waals surface area (Å²) in [7, 11) is -3.07. The summed E-state index contributed by atoms with van der Waals surface area (Å²) < 4.78 is 28.6. The van der Waals surface area contributed by atoms with E-state index in [9.17, 15) is 13.2 Å². The number of nitrogens with zero attached hydrogens (tertiary/aromatic N) is 2. The Kier molecular flexibility index (Phi) is 6.27. The van der Waals surface area contributed by atoms with Gasteiger partial charge in [0.05, 0.1) is 18.5 Å². The van der Waals surface area contributed by atoms with Crippen molar-refractivity contribution in [1.82, 2.24) is 15.1 Å². The van der Waals surface area contributed by atoms with Crippen molar-refractivity contribution in [2.24, 2.45) is 5.92 Å². The van der Waals surface area contributed by atoms with Crippen molar-refractivity contribution < 1.29 is 17.9 Å². The van der Waals surface area contributed by atoms with E-state index >= 15 is 0 Å². The van der Waals surface area contributed by atoms with Gasteiger partial charge in [-0.2, -0.15) is 0 Å². The summed E-state index contributed by atoms with van der Waals surface area (Å²) in [4.78, 5) is 16.3. The summed E-state index contributed by atoms with van der Waals surface area (Å²) in [5.41, 5.74) is 0. The first kappa shape index (κ1) is 18.5. The van der Waals surface area contributed by atoms with E-state index in [1.54, 1.807) is 4.90 Å². The van der Waals surface area contributed by atoms with Gasteiger partial charge in [0, 0.05) is 45.0 Å². The van der Waals surface area contributed by atoms with Gasteiger partial charge in [0.1, 0.15) is 0 Å². The molecule has 0 aromatic rings. The smallest absolute Gasteiger partial charge is 0.317 e. The van der Waals surface area contributed by atoms with Crippen LogP contribution in [0.15, 0.2) is 0 Å². The molecule has 0 unspecified atom stereocenters. The molecule has 0 saturated carbocycles. The summed E-state index contributed by atoms with van der Waals surface area (Å²) in [5, 5.41) is 2.56. The lowest BCUT2D eigenvalue weighted by atomic mass is 10.0. The Labute approximate surface area is 139 Å². The molecule has 134 valence electrons. The SMILES string of the molecule is CC(C)[C@H](CNC(=O)N1CC[C@H](S(C)(=O)=O)C1)N1CCOCC1. The molecule has 2 amide bonds. The maximum atomic E-state index is 12.3. The zero-order valence-corrected chi connectivity index (χ0v) is 15.1. The van der Waals surface area contributed by atoms with Gasteiger partial charge in [0.2, 0.25) is 0 Å². The average Bonchev–Trinajstić information content (AvgIpc) is 2.98. The van der Waals surface area contributed by atoms with Crippen LogP contribution in [-0.4, -0.2) is 87.7 Å². The Balaban J connectivity index is 1.84. The number of nitrogens with one attached hydrogen (secondary N) is 1. The lowest BCUT2D eigenvalue weighted by molar-refractivity contribution is 0.00699. The molecular formula is C15H29N3O4S. The fourth-order valence-corrected chi connectivity index (χ4v) is 4.25. The molecule has 2 aliphatic rings. The number of morpholine rings is 1. The lowest BCUT2D eigenvalue weighted by Gasteiger charge is -2.37. The quantitative estimate of drug-likeness (QED) is 0.767. The zero-order valence-electron chi connectivity index (χ0n) is 14.3. The molecule has 2 fully saturated rings. The van der Waals surface area contributed by atoms with Crippen molar-refractivity contribution in [1.29, 1.82) is 0 Å². The monoisotopic (exact) mass is 347 g/mol. The number of ether oxygens (including phenoxy) is 1. The highest BCUT2D eigenvalue weighted by Gasteiger charge is 2.33. The Bertz CT molecular complexity index is 503. The van der Waals surface area contributed by atoms with Crippen LogP contribution < -0.4 is 5.32 Å². The summed E-state index contributed by atoms with van der Waals surface area (Å²) in [5.74, 6) is 0.427. The van der Waals surface area contributed by atoms with E-state index in [2.05, 4.69) is 24.1 Å². The third-order valence-corrected chi connectivity index (χ3v) is 6.38. The van der Waals surface area contributed by atoms with E-state index in [1.165, 1.54) is 6.26 Å². The van der Waals surface area contributed by atoms with Crippen LogP contribution in [0.2, 0.25) is 0 Å². The number of likely N-dealkylation sites (tertiary alicyclic amines) is 1. The van der Waals surface area contributed by atoms with Gasteiger partial charge >= 0.3 is 6.03 Å². The van der Waals surface area contributed by atoms with Crippen LogP contribution in [0.1, 0.15) is 20.3 Å².